The summed E-state index contributed by atoms with van der Waals surface area (Å²) in [6.07, 6.45) is 3.92. The van der Waals surface area contributed by atoms with E-state index in [0.717, 1.165) is 32.7 Å². The van der Waals surface area contributed by atoms with Gasteiger partial charge in [0.15, 0.2) is 12.4 Å². The highest BCUT2D eigenvalue weighted by atomic mass is 16.6. The van der Waals surface area contributed by atoms with Crippen molar-refractivity contribution in [3.8, 4) is 0 Å². The monoisotopic (exact) mass is 352 g/mol. The molecule has 0 aliphatic carbocycles. The number of carbonyl (C=O) groups excluding carboxylic acids is 1. The number of carbonyl (C=O) groups is 1. The third kappa shape index (κ3) is 7.09. The molecule has 8 nitrogen and oxygen atoms in total. The first kappa shape index (κ1) is 19.8. The Balaban J connectivity index is 1.58. The molecule has 0 bridgehead atoms. The highest BCUT2D eigenvalue weighted by molar-refractivity contribution is 5.87. The highest BCUT2D eigenvalue weighted by Gasteiger charge is 2.21. The number of likely N-dealkylation sites (tertiary alicyclic amines) is 1. The van der Waals surface area contributed by atoms with E-state index in [0.29, 0.717) is 12.4 Å². The predicted molar refractivity (Wildman–Crippen MR) is 100 cm³/mol. The standard InChI is InChI=1S/C17H32N6O2/c1-18-14-16(19-2)20-25-15-17(24)23-12-10-22(11-13-23)9-5-8-21-6-3-4-7-21/h18H,2-15H2,1H3/b20-16-. The van der Waals surface area contributed by atoms with Crippen LogP contribution in [0.2, 0.25) is 0 Å². The van der Waals surface area contributed by atoms with Crippen LogP contribution >= 0.6 is 0 Å². The molecule has 0 spiro atoms. The molecule has 0 aromatic rings. The lowest BCUT2D eigenvalue weighted by Crippen LogP contribution is -2.50. The Labute approximate surface area is 150 Å². The van der Waals surface area contributed by atoms with Crippen LogP contribution in [0, 0.1) is 0 Å². The number of hydrogen-bond acceptors (Lipinski definition) is 6. The fourth-order valence-corrected chi connectivity index (χ4v) is 3.27. The van der Waals surface area contributed by atoms with Crippen molar-refractivity contribution < 1.29 is 9.63 Å². The van der Waals surface area contributed by atoms with Crippen LogP contribution < -0.4 is 5.32 Å². The summed E-state index contributed by atoms with van der Waals surface area (Å²) < 4.78 is 0. The summed E-state index contributed by atoms with van der Waals surface area (Å²) in [6.45, 7) is 12.1. The lowest BCUT2D eigenvalue weighted by atomic mass is 10.2. The van der Waals surface area contributed by atoms with E-state index in [1.807, 2.05) is 4.90 Å². The van der Waals surface area contributed by atoms with Crippen LogP contribution in [0.3, 0.4) is 0 Å². The molecule has 0 unspecified atom stereocenters. The lowest BCUT2D eigenvalue weighted by Gasteiger charge is -2.34. The Morgan fingerprint density at radius 2 is 1.72 bits per heavy atom. The normalized spacial score (nSPS) is 20.0. The molecule has 2 rings (SSSR count). The maximum Gasteiger partial charge on any atom is 0.263 e. The zero-order valence-electron chi connectivity index (χ0n) is 15.5. The van der Waals surface area contributed by atoms with Crippen LogP contribution in [0.5, 0.6) is 0 Å². The number of amidine groups is 1. The highest BCUT2D eigenvalue weighted by Crippen LogP contribution is 2.09. The molecular weight excluding hydrogens is 320 g/mol. The number of nitrogens with zero attached hydrogens (tertiary/aromatic N) is 5. The van der Waals surface area contributed by atoms with E-state index in [1.54, 1.807) is 7.05 Å². The molecule has 1 amide bonds. The van der Waals surface area contributed by atoms with Gasteiger partial charge in [-0.15, -0.1) is 0 Å². The SMILES string of the molecule is C=N/C(CNC)=N\OCC(=O)N1CCN(CCCN2CCCC2)CC1. The minimum atomic E-state index is -0.0440. The summed E-state index contributed by atoms with van der Waals surface area (Å²) in [5, 5.41) is 6.73. The van der Waals surface area contributed by atoms with Crippen molar-refractivity contribution in [1.82, 2.24) is 20.0 Å². The molecule has 2 heterocycles. The lowest BCUT2D eigenvalue weighted by molar-refractivity contribution is -0.137. The van der Waals surface area contributed by atoms with Gasteiger partial charge >= 0.3 is 0 Å². The fourth-order valence-electron chi connectivity index (χ4n) is 3.27. The van der Waals surface area contributed by atoms with Crippen LogP contribution in [0.25, 0.3) is 0 Å². The van der Waals surface area contributed by atoms with Crippen molar-refractivity contribution in [2.75, 3.05) is 72.6 Å². The fraction of sp³-hybridized carbons (Fsp3) is 0.824. The quantitative estimate of drug-likeness (QED) is 0.355. The third-order valence-corrected chi connectivity index (χ3v) is 4.75. The Hall–Kier alpha value is -1.51. The zero-order chi connectivity index (χ0) is 17.9. The average Bonchev–Trinajstić information content (AvgIpc) is 3.15. The second kappa shape index (κ2) is 11.2. The minimum Gasteiger partial charge on any atom is -0.384 e. The van der Waals surface area contributed by atoms with E-state index in [4.69, 9.17) is 4.84 Å². The van der Waals surface area contributed by atoms with Crippen LogP contribution in [-0.4, -0.2) is 106 Å². The molecule has 25 heavy (non-hydrogen) atoms. The summed E-state index contributed by atoms with van der Waals surface area (Å²) in [6, 6.07) is 0. The first-order valence-corrected chi connectivity index (χ1v) is 9.25. The van der Waals surface area contributed by atoms with Gasteiger partial charge in [0, 0.05) is 26.2 Å². The van der Waals surface area contributed by atoms with Crippen molar-refractivity contribution in [3.63, 3.8) is 0 Å². The molecule has 0 aromatic carbocycles. The number of rotatable bonds is 9. The van der Waals surface area contributed by atoms with Gasteiger partial charge in [-0.3, -0.25) is 9.69 Å². The number of likely N-dealkylation sites (N-methyl/N-ethyl adjacent to an activating group) is 1. The van der Waals surface area contributed by atoms with Gasteiger partial charge in [0.05, 0.1) is 6.54 Å². The second-order valence-electron chi connectivity index (χ2n) is 6.59. The van der Waals surface area contributed by atoms with Crippen molar-refractivity contribution in [3.05, 3.63) is 0 Å². The topological polar surface area (TPSA) is 72.8 Å². The molecule has 2 aliphatic heterocycles. The Morgan fingerprint density at radius 3 is 2.32 bits per heavy atom. The minimum absolute atomic E-state index is 0.0201. The van der Waals surface area contributed by atoms with E-state index in [9.17, 15) is 4.79 Å². The molecular formula is C17H32N6O2. The van der Waals surface area contributed by atoms with Gasteiger partial charge < -0.3 is 20.0 Å². The maximum atomic E-state index is 12.2. The number of aliphatic imine (C=N–C) groups is 1. The number of oxime groups is 1. The van der Waals surface area contributed by atoms with Gasteiger partial charge in [0.25, 0.3) is 5.91 Å². The summed E-state index contributed by atoms with van der Waals surface area (Å²) in [4.78, 5) is 27.9. The molecule has 0 aromatic heterocycles. The van der Waals surface area contributed by atoms with Gasteiger partial charge in [-0.05, 0) is 59.2 Å². The van der Waals surface area contributed by atoms with Gasteiger partial charge in [0.1, 0.15) is 0 Å². The van der Waals surface area contributed by atoms with E-state index < -0.39 is 0 Å². The van der Waals surface area contributed by atoms with E-state index >= 15 is 0 Å². The summed E-state index contributed by atoms with van der Waals surface area (Å²) >= 11 is 0. The van der Waals surface area contributed by atoms with Crippen molar-refractivity contribution in [2.24, 2.45) is 10.1 Å². The van der Waals surface area contributed by atoms with Crippen LogP contribution in [0.15, 0.2) is 10.1 Å². The molecule has 0 saturated carbocycles. The second-order valence-corrected chi connectivity index (χ2v) is 6.59. The van der Waals surface area contributed by atoms with Gasteiger partial charge in [-0.2, -0.15) is 0 Å². The van der Waals surface area contributed by atoms with Crippen molar-refractivity contribution in [1.29, 1.82) is 0 Å². The number of nitrogens with one attached hydrogen (secondary N) is 1. The molecule has 2 saturated heterocycles. The predicted octanol–water partition coefficient (Wildman–Crippen LogP) is -0.133. The van der Waals surface area contributed by atoms with Crippen LogP contribution in [0.4, 0.5) is 0 Å². The van der Waals surface area contributed by atoms with E-state index in [1.165, 1.54) is 38.9 Å². The molecule has 0 radical (unpaired) electrons. The van der Waals surface area contributed by atoms with Crippen molar-refractivity contribution in [2.45, 2.75) is 19.3 Å². The Kier molecular flexibility index (Phi) is 8.85. The number of amides is 1. The van der Waals surface area contributed by atoms with E-state index in [-0.39, 0.29) is 12.5 Å². The Morgan fingerprint density at radius 1 is 1.08 bits per heavy atom. The smallest absolute Gasteiger partial charge is 0.263 e. The van der Waals surface area contributed by atoms with E-state index in [2.05, 4.69) is 32.0 Å². The third-order valence-electron chi connectivity index (χ3n) is 4.75. The first-order chi connectivity index (χ1) is 12.2. The summed E-state index contributed by atoms with van der Waals surface area (Å²) in [5.74, 6) is 0.423. The molecule has 1 N–H and O–H groups in total. The zero-order valence-corrected chi connectivity index (χ0v) is 15.5. The van der Waals surface area contributed by atoms with Crippen molar-refractivity contribution >= 4 is 18.5 Å². The molecule has 142 valence electrons. The number of piperazine rings is 1. The maximum absolute atomic E-state index is 12.2. The molecule has 8 heteroatoms. The average molecular weight is 352 g/mol. The Bertz CT molecular complexity index is 442. The molecule has 2 aliphatic rings. The summed E-state index contributed by atoms with van der Waals surface area (Å²) in [7, 11) is 1.79. The largest absolute Gasteiger partial charge is 0.384 e. The van der Waals surface area contributed by atoms with Gasteiger partial charge in [-0.25, -0.2) is 4.99 Å². The van der Waals surface area contributed by atoms with Gasteiger partial charge in [-0.1, -0.05) is 5.16 Å². The first-order valence-electron chi connectivity index (χ1n) is 9.25. The molecule has 2 fully saturated rings. The number of hydrogen-bond donors (Lipinski definition) is 1. The molecule has 0 atom stereocenters. The van der Waals surface area contributed by atoms with Crippen LogP contribution in [0.1, 0.15) is 19.3 Å². The van der Waals surface area contributed by atoms with Gasteiger partial charge in [0.2, 0.25) is 0 Å². The van der Waals surface area contributed by atoms with Crippen LogP contribution in [-0.2, 0) is 9.63 Å². The summed E-state index contributed by atoms with van der Waals surface area (Å²) in [5.41, 5.74) is 0.